The van der Waals surface area contributed by atoms with Crippen molar-refractivity contribution < 1.29 is 44.4 Å². The Kier molecular flexibility index (Phi) is 12.5. The predicted molar refractivity (Wildman–Crippen MR) is 131 cm³/mol. The topological polar surface area (TPSA) is 228 Å². The standard InChI is InChI=1S/C24H36N4O9/c1-4-12(2)19(25)22(34)28-20(13(3)29)23(35)27-17(11-14-5-7-15(30)8-6-14)21(33)26-16(24(36)37)9-10-18(31)32/h5-8,12-13,16-17,19-20,29-30H,4,9-11,25H2,1-3H3,(H,26,33)(H,27,35)(H,28,34)(H,31,32)(H,36,37). The molecule has 0 radical (unpaired) electrons. The van der Waals surface area contributed by atoms with Gasteiger partial charge < -0.3 is 42.1 Å². The first-order valence-corrected chi connectivity index (χ1v) is 11.8. The molecular formula is C24H36N4O9. The number of benzene rings is 1. The Morgan fingerprint density at radius 1 is 0.892 bits per heavy atom. The number of rotatable bonds is 15. The first kappa shape index (κ1) is 31.3. The van der Waals surface area contributed by atoms with Crippen LogP contribution < -0.4 is 21.7 Å². The van der Waals surface area contributed by atoms with Crippen molar-refractivity contribution in [3.05, 3.63) is 29.8 Å². The third-order valence-corrected chi connectivity index (χ3v) is 5.89. The number of hydrogen-bond acceptors (Lipinski definition) is 8. The summed E-state index contributed by atoms with van der Waals surface area (Å²) in [5.74, 6) is -5.47. The summed E-state index contributed by atoms with van der Waals surface area (Å²) in [7, 11) is 0. The first-order valence-electron chi connectivity index (χ1n) is 11.8. The fourth-order valence-corrected chi connectivity index (χ4v) is 3.30. The van der Waals surface area contributed by atoms with E-state index in [9.17, 15) is 39.3 Å². The van der Waals surface area contributed by atoms with Crippen molar-refractivity contribution in [3.8, 4) is 5.75 Å². The highest BCUT2D eigenvalue weighted by molar-refractivity contribution is 5.94. The fourth-order valence-electron chi connectivity index (χ4n) is 3.30. The third-order valence-electron chi connectivity index (χ3n) is 5.89. The molecule has 1 rings (SSSR count). The quantitative estimate of drug-likeness (QED) is 0.141. The van der Waals surface area contributed by atoms with Gasteiger partial charge in [-0.3, -0.25) is 19.2 Å². The molecule has 0 aliphatic heterocycles. The number of aromatic hydroxyl groups is 1. The van der Waals surface area contributed by atoms with Gasteiger partial charge in [-0.25, -0.2) is 4.79 Å². The number of nitrogens with two attached hydrogens (primary N) is 1. The van der Waals surface area contributed by atoms with Crippen LogP contribution in [0.2, 0.25) is 0 Å². The van der Waals surface area contributed by atoms with Gasteiger partial charge in [-0.15, -0.1) is 0 Å². The molecule has 0 heterocycles. The maximum Gasteiger partial charge on any atom is 0.326 e. The number of phenols is 1. The van der Waals surface area contributed by atoms with E-state index in [0.29, 0.717) is 12.0 Å². The van der Waals surface area contributed by atoms with Crippen LogP contribution in [0.4, 0.5) is 0 Å². The molecular weight excluding hydrogens is 488 g/mol. The summed E-state index contributed by atoms with van der Waals surface area (Å²) >= 11 is 0. The van der Waals surface area contributed by atoms with Crippen molar-refractivity contribution in [2.45, 2.75) is 76.7 Å². The molecule has 0 fully saturated rings. The monoisotopic (exact) mass is 524 g/mol. The van der Waals surface area contributed by atoms with Crippen LogP contribution >= 0.6 is 0 Å². The van der Waals surface area contributed by atoms with Crippen LogP contribution in [0.25, 0.3) is 0 Å². The van der Waals surface area contributed by atoms with Crippen LogP contribution in [-0.2, 0) is 30.4 Å². The van der Waals surface area contributed by atoms with Gasteiger partial charge in [0, 0.05) is 12.8 Å². The number of carboxylic acids is 2. The Hall–Kier alpha value is -3.71. The lowest BCUT2D eigenvalue weighted by Gasteiger charge is -2.27. The number of nitrogens with one attached hydrogen (secondary N) is 3. The Bertz CT molecular complexity index is 952. The van der Waals surface area contributed by atoms with E-state index in [-0.39, 0.29) is 18.1 Å². The summed E-state index contributed by atoms with van der Waals surface area (Å²) in [6, 6.07) is 0.358. The summed E-state index contributed by atoms with van der Waals surface area (Å²) in [5, 5.41) is 44.9. The lowest BCUT2D eigenvalue weighted by atomic mass is 9.98. The fraction of sp³-hybridized carbons (Fsp3) is 0.542. The molecule has 0 aliphatic carbocycles. The number of phenolic OH excluding ortho intramolecular Hbond substituents is 1. The Labute approximate surface area is 214 Å². The van der Waals surface area contributed by atoms with E-state index in [1.807, 2.05) is 6.92 Å². The molecule has 0 bridgehead atoms. The number of hydrogen-bond donors (Lipinski definition) is 8. The highest BCUT2D eigenvalue weighted by Crippen LogP contribution is 2.13. The van der Waals surface area contributed by atoms with Gasteiger partial charge in [0.15, 0.2) is 0 Å². The number of carbonyl (C=O) groups excluding carboxylic acids is 3. The van der Waals surface area contributed by atoms with Gasteiger partial charge in [-0.1, -0.05) is 32.4 Å². The second-order valence-electron chi connectivity index (χ2n) is 8.90. The van der Waals surface area contributed by atoms with Gasteiger partial charge in [0.05, 0.1) is 12.1 Å². The molecule has 0 saturated carbocycles. The molecule has 0 aromatic heterocycles. The number of carbonyl (C=O) groups is 5. The van der Waals surface area contributed by atoms with Gasteiger partial charge in [0.2, 0.25) is 17.7 Å². The molecule has 0 saturated heterocycles. The van der Waals surface area contributed by atoms with Crippen molar-refractivity contribution in [2.24, 2.45) is 11.7 Å². The van der Waals surface area contributed by atoms with Crippen LogP contribution in [-0.4, -0.2) is 80.4 Å². The van der Waals surface area contributed by atoms with Crippen molar-refractivity contribution in [3.63, 3.8) is 0 Å². The molecule has 6 atom stereocenters. The van der Waals surface area contributed by atoms with E-state index in [4.69, 9.17) is 10.8 Å². The summed E-state index contributed by atoms with van der Waals surface area (Å²) in [5.41, 5.74) is 6.40. The molecule has 206 valence electrons. The van der Waals surface area contributed by atoms with E-state index in [2.05, 4.69) is 16.0 Å². The van der Waals surface area contributed by atoms with Gasteiger partial charge in [-0.05, 0) is 37.0 Å². The maximum atomic E-state index is 13.0. The SMILES string of the molecule is CCC(C)C(N)C(=O)NC(C(=O)NC(Cc1ccc(O)cc1)C(=O)NC(CCC(=O)O)C(=O)O)C(C)O. The normalized spacial score (nSPS) is 15.8. The zero-order chi connectivity index (χ0) is 28.3. The molecule has 13 heteroatoms. The molecule has 37 heavy (non-hydrogen) atoms. The number of carboxylic acid groups (broad SMARTS) is 2. The highest BCUT2D eigenvalue weighted by Gasteiger charge is 2.33. The summed E-state index contributed by atoms with van der Waals surface area (Å²) in [6.45, 7) is 4.85. The van der Waals surface area contributed by atoms with Gasteiger partial charge in [0.1, 0.15) is 23.9 Å². The lowest BCUT2D eigenvalue weighted by molar-refractivity contribution is -0.143. The molecule has 0 aliphatic rings. The molecule has 1 aromatic carbocycles. The zero-order valence-corrected chi connectivity index (χ0v) is 21.0. The summed E-state index contributed by atoms with van der Waals surface area (Å²) in [6.07, 6.45) is -1.82. The average Bonchev–Trinajstić information content (AvgIpc) is 2.83. The van der Waals surface area contributed by atoms with Crippen LogP contribution in [0.15, 0.2) is 24.3 Å². The van der Waals surface area contributed by atoms with Crippen molar-refractivity contribution in [1.29, 1.82) is 0 Å². The van der Waals surface area contributed by atoms with Crippen molar-refractivity contribution in [1.82, 2.24) is 16.0 Å². The van der Waals surface area contributed by atoms with E-state index in [0.717, 1.165) is 0 Å². The minimum Gasteiger partial charge on any atom is -0.508 e. The van der Waals surface area contributed by atoms with Crippen LogP contribution in [0.3, 0.4) is 0 Å². The summed E-state index contributed by atoms with van der Waals surface area (Å²) in [4.78, 5) is 60.9. The van der Waals surface area contributed by atoms with Crippen LogP contribution in [0.1, 0.15) is 45.6 Å². The van der Waals surface area contributed by atoms with Gasteiger partial charge in [0.25, 0.3) is 0 Å². The number of aliphatic carboxylic acids is 2. The summed E-state index contributed by atoms with van der Waals surface area (Å²) < 4.78 is 0. The molecule has 0 spiro atoms. The smallest absolute Gasteiger partial charge is 0.326 e. The molecule has 9 N–H and O–H groups in total. The first-order chi connectivity index (χ1) is 17.3. The largest absolute Gasteiger partial charge is 0.508 e. The number of aliphatic hydroxyl groups excluding tert-OH is 1. The Morgan fingerprint density at radius 2 is 1.46 bits per heavy atom. The van der Waals surface area contributed by atoms with Crippen molar-refractivity contribution in [2.75, 3.05) is 0 Å². The van der Waals surface area contributed by atoms with E-state index >= 15 is 0 Å². The maximum absolute atomic E-state index is 13.0. The molecule has 1 aromatic rings. The van der Waals surface area contributed by atoms with Crippen LogP contribution in [0.5, 0.6) is 5.75 Å². The zero-order valence-electron chi connectivity index (χ0n) is 21.0. The predicted octanol–water partition coefficient (Wildman–Crippen LogP) is -0.907. The Morgan fingerprint density at radius 3 is 1.95 bits per heavy atom. The highest BCUT2D eigenvalue weighted by atomic mass is 16.4. The lowest BCUT2D eigenvalue weighted by Crippen LogP contribution is -2.60. The van der Waals surface area contributed by atoms with Crippen LogP contribution in [0, 0.1) is 5.92 Å². The molecule has 13 nitrogen and oxygen atoms in total. The molecule has 6 unspecified atom stereocenters. The molecule has 3 amide bonds. The third kappa shape index (κ3) is 10.4. The van der Waals surface area contributed by atoms with Crippen molar-refractivity contribution >= 4 is 29.7 Å². The Balaban J connectivity index is 3.15. The minimum absolute atomic E-state index is 0.0390. The second kappa shape index (κ2) is 14.8. The minimum atomic E-state index is -1.54. The van der Waals surface area contributed by atoms with E-state index < -0.39 is 72.8 Å². The van der Waals surface area contributed by atoms with E-state index in [1.54, 1.807) is 6.92 Å². The van der Waals surface area contributed by atoms with E-state index in [1.165, 1.54) is 31.2 Å². The number of aliphatic hydroxyl groups is 1. The second-order valence-corrected chi connectivity index (χ2v) is 8.90. The van der Waals surface area contributed by atoms with Gasteiger partial charge in [-0.2, -0.15) is 0 Å². The van der Waals surface area contributed by atoms with Gasteiger partial charge >= 0.3 is 11.9 Å². The average molecular weight is 525 g/mol. The number of amides is 3.